The largest absolute Gasteiger partial charge is 0.480 e. The fourth-order valence-corrected chi connectivity index (χ4v) is 2.14. The lowest BCUT2D eigenvalue weighted by atomic mass is 10.2. The van der Waals surface area contributed by atoms with Crippen molar-refractivity contribution in [2.24, 2.45) is 0 Å². The molecule has 1 aromatic carbocycles. The van der Waals surface area contributed by atoms with Gasteiger partial charge in [0.2, 0.25) is 0 Å². The molecule has 1 fully saturated rings. The number of fused-ring (bicyclic) bond motifs is 1. The second kappa shape index (κ2) is 4.30. The second-order valence-electron chi connectivity index (χ2n) is 4.22. The molecule has 2 heterocycles. The molecule has 3 rings (SSSR count). The first-order chi connectivity index (χ1) is 8.75. The Labute approximate surface area is 103 Å². The van der Waals surface area contributed by atoms with Crippen LogP contribution < -0.4 is 10.2 Å². The van der Waals surface area contributed by atoms with Crippen LogP contribution in [0.2, 0.25) is 0 Å². The summed E-state index contributed by atoms with van der Waals surface area (Å²) >= 11 is 0. The molecule has 0 bridgehead atoms. The quantitative estimate of drug-likeness (QED) is 0.813. The number of rotatable bonds is 2. The molecule has 0 aliphatic carbocycles. The van der Waals surface area contributed by atoms with Crippen LogP contribution in [0.1, 0.15) is 0 Å². The van der Waals surface area contributed by atoms with Gasteiger partial charge in [-0.3, -0.25) is 0 Å². The monoisotopic (exact) mass is 247 g/mol. The maximum absolute atomic E-state index is 11.2. The number of carboxylic acid groups (broad SMARTS) is 1. The Morgan fingerprint density at radius 1 is 1.50 bits per heavy atom. The van der Waals surface area contributed by atoms with Crippen molar-refractivity contribution in [3.63, 3.8) is 0 Å². The van der Waals surface area contributed by atoms with Gasteiger partial charge in [-0.15, -0.1) is 0 Å². The number of anilines is 1. The lowest BCUT2D eigenvalue weighted by molar-refractivity contribution is -0.138. The summed E-state index contributed by atoms with van der Waals surface area (Å²) < 4.78 is 5.61. The molecule has 1 saturated heterocycles. The van der Waals surface area contributed by atoms with Crippen LogP contribution in [0.15, 0.2) is 28.7 Å². The molecule has 1 aliphatic heterocycles. The number of piperazine rings is 1. The number of oxazole rings is 1. The third kappa shape index (κ3) is 1.80. The Hall–Kier alpha value is -2.08. The number of carbonyl (C=O) groups is 1. The minimum absolute atomic E-state index is 0.380. The van der Waals surface area contributed by atoms with Crippen molar-refractivity contribution >= 4 is 23.1 Å². The van der Waals surface area contributed by atoms with Gasteiger partial charge in [-0.05, 0) is 12.1 Å². The fourth-order valence-electron chi connectivity index (χ4n) is 2.14. The van der Waals surface area contributed by atoms with Gasteiger partial charge in [-0.25, -0.2) is 4.79 Å². The van der Waals surface area contributed by atoms with Crippen molar-refractivity contribution in [1.82, 2.24) is 10.3 Å². The highest BCUT2D eigenvalue weighted by Crippen LogP contribution is 2.23. The van der Waals surface area contributed by atoms with Crippen molar-refractivity contribution in [2.45, 2.75) is 6.04 Å². The first-order valence-corrected chi connectivity index (χ1v) is 5.81. The first-order valence-electron chi connectivity index (χ1n) is 5.81. The Morgan fingerprint density at radius 3 is 3.11 bits per heavy atom. The molecule has 0 amide bonds. The van der Waals surface area contributed by atoms with Crippen molar-refractivity contribution in [3.8, 4) is 0 Å². The molecule has 0 spiro atoms. The number of nitrogens with zero attached hydrogens (tertiary/aromatic N) is 2. The third-order valence-electron chi connectivity index (χ3n) is 3.06. The van der Waals surface area contributed by atoms with E-state index in [0.29, 0.717) is 24.7 Å². The summed E-state index contributed by atoms with van der Waals surface area (Å²) in [6, 6.07) is 7.16. The van der Waals surface area contributed by atoms with Crippen molar-refractivity contribution in [2.75, 3.05) is 24.5 Å². The number of carboxylic acids is 1. The standard InChI is InChI=1S/C12H13N3O3/c16-11(17)9-7-13-5-6-15(9)12-14-8-3-1-2-4-10(8)18-12/h1-4,9,13H,5-7H2,(H,16,17)/t9-/m0/s1. The molecular weight excluding hydrogens is 234 g/mol. The van der Waals surface area contributed by atoms with Gasteiger partial charge >= 0.3 is 5.97 Å². The smallest absolute Gasteiger partial charge is 0.327 e. The molecule has 0 saturated carbocycles. The molecule has 6 heteroatoms. The molecule has 18 heavy (non-hydrogen) atoms. The zero-order valence-corrected chi connectivity index (χ0v) is 9.67. The van der Waals surface area contributed by atoms with E-state index < -0.39 is 12.0 Å². The number of nitrogens with one attached hydrogen (secondary N) is 1. The first kappa shape index (κ1) is 11.0. The molecule has 6 nitrogen and oxygen atoms in total. The maximum Gasteiger partial charge on any atom is 0.327 e. The Bertz CT molecular complexity index is 548. The van der Waals surface area contributed by atoms with E-state index in [1.807, 2.05) is 24.3 Å². The van der Waals surface area contributed by atoms with Crippen LogP contribution in [0.4, 0.5) is 6.01 Å². The van der Waals surface area contributed by atoms with E-state index in [1.165, 1.54) is 0 Å². The van der Waals surface area contributed by atoms with Crippen molar-refractivity contribution in [3.05, 3.63) is 24.3 Å². The zero-order chi connectivity index (χ0) is 12.5. The summed E-state index contributed by atoms with van der Waals surface area (Å²) in [5.41, 5.74) is 1.42. The topological polar surface area (TPSA) is 78.6 Å². The predicted molar refractivity (Wildman–Crippen MR) is 65.6 cm³/mol. The van der Waals surface area contributed by atoms with Gasteiger partial charge in [0, 0.05) is 19.6 Å². The molecule has 2 aromatic rings. The van der Waals surface area contributed by atoms with Gasteiger partial charge in [0.1, 0.15) is 11.6 Å². The van der Waals surface area contributed by atoms with Gasteiger partial charge in [-0.1, -0.05) is 12.1 Å². The predicted octanol–water partition coefficient (Wildman–Crippen LogP) is 0.691. The van der Waals surface area contributed by atoms with Gasteiger partial charge in [-0.2, -0.15) is 4.98 Å². The summed E-state index contributed by atoms with van der Waals surface area (Å²) in [4.78, 5) is 17.2. The Morgan fingerprint density at radius 2 is 2.33 bits per heavy atom. The number of aliphatic carboxylic acids is 1. The summed E-state index contributed by atoms with van der Waals surface area (Å²) in [7, 11) is 0. The molecule has 1 aliphatic rings. The third-order valence-corrected chi connectivity index (χ3v) is 3.06. The van der Waals surface area contributed by atoms with Gasteiger partial charge in [0.05, 0.1) is 0 Å². The summed E-state index contributed by atoms with van der Waals surface area (Å²) in [5, 5.41) is 12.3. The van der Waals surface area contributed by atoms with E-state index in [-0.39, 0.29) is 0 Å². The molecule has 2 N–H and O–H groups in total. The van der Waals surface area contributed by atoms with Crippen LogP contribution in [0.5, 0.6) is 0 Å². The number of hydrogen-bond acceptors (Lipinski definition) is 5. The highest BCUT2D eigenvalue weighted by molar-refractivity contribution is 5.79. The molecule has 1 atom stereocenters. The summed E-state index contributed by atoms with van der Waals surface area (Å²) in [6.45, 7) is 1.69. The number of benzene rings is 1. The van der Waals surface area contributed by atoms with E-state index in [1.54, 1.807) is 4.90 Å². The van der Waals surface area contributed by atoms with E-state index in [2.05, 4.69) is 10.3 Å². The van der Waals surface area contributed by atoms with Crippen LogP contribution in [0, 0.1) is 0 Å². The van der Waals surface area contributed by atoms with Gasteiger partial charge in [0.15, 0.2) is 5.58 Å². The summed E-state index contributed by atoms with van der Waals surface area (Å²) in [6.07, 6.45) is 0. The van der Waals surface area contributed by atoms with Crippen LogP contribution in [0.25, 0.3) is 11.1 Å². The summed E-state index contributed by atoms with van der Waals surface area (Å²) in [5.74, 6) is -0.871. The van der Waals surface area contributed by atoms with E-state index in [4.69, 9.17) is 4.42 Å². The van der Waals surface area contributed by atoms with Gasteiger partial charge in [0.25, 0.3) is 6.01 Å². The van der Waals surface area contributed by atoms with E-state index in [0.717, 1.165) is 12.1 Å². The van der Waals surface area contributed by atoms with Gasteiger partial charge < -0.3 is 19.7 Å². The lowest BCUT2D eigenvalue weighted by Gasteiger charge is -2.31. The van der Waals surface area contributed by atoms with E-state index in [9.17, 15) is 9.90 Å². The lowest BCUT2D eigenvalue weighted by Crippen LogP contribution is -2.55. The minimum Gasteiger partial charge on any atom is -0.480 e. The molecule has 0 radical (unpaired) electrons. The van der Waals surface area contributed by atoms with Crippen LogP contribution >= 0.6 is 0 Å². The van der Waals surface area contributed by atoms with Crippen LogP contribution in [-0.4, -0.2) is 41.7 Å². The molecule has 1 aromatic heterocycles. The molecular formula is C12H13N3O3. The second-order valence-corrected chi connectivity index (χ2v) is 4.22. The number of para-hydroxylation sites is 2. The highest BCUT2D eigenvalue weighted by Gasteiger charge is 2.31. The number of aromatic nitrogens is 1. The fraction of sp³-hybridized carbons (Fsp3) is 0.333. The van der Waals surface area contributed by atoms with Crippen LogP contribution in [-0.2, 0) is 4.79 Å². The molecule has 94 valence electrons. The Kier molecular flexibility index (Phi) is 2.64. The Balaban J connectivity index is 1.98. The SMILES string of the molecule is O=C(O)[C@@H]1CNCCN1c1nc2ccccc2o1. The van der Waals surface area contributed by atoms with E-state index >= 15 is 0 Å². The van der Waals surface area contributed by atoms with Crippen molar-refractivity contribution < 1.29 is 14.3 Å². The minimum atomic E-state index is -0.871. The normalized spacial score (nSPS) is 20.2. The average Bonchev–Trinajstić information content (AvgIpc) is 2.82. The highest BCUT2D eigenvalue weighted by atomic mass is 16.4. The zero-order valence-electron chi connectivity index (χ0n) is 9.67. The van der Waals surface area contributed by atoms with Crippen LogP contribution in [0.3, 0.4) is 0 Å². The average molecular weight is 247 g/mol. The van der Waals surface area contributed by atoms with Crippen molar-refractivity contribution in [1.29, 1.82) is 0 Å². The number of hydrogen-bond donors (Lipinski definition) is 2. The maximum atomic E-state index is 11.2. The molecule has 0 unspecified atom stereocenters.